The van der Waals surface area contributed by atoms with E-state index >= 15 is 0 Å². The second-order valence-electron chi connectivity index (χ2n) is 8.06. The number of hydrogen-bond donors (Lipinski definition) is 1. The van der Waals surface area contributed by atoms with Gasteiger partial charge in [0.1, 0.15) is 5.54 Å². The number of aryl methyl sites for hydroxylation is 1. The van der Waals surface area contributed by atoms with Crippen LogP contribution in [0.3, 0.4) is 0 Å². The Morgan fingerprint density at radius 1 is 1.10 bits per heavy atom. The zero-order valence-electron chi connectivity index (χ0n) is 18.4. The molecule has 1 aliphatic heterocycles. The van der Waals surface area contributed by atoms with Crippen molar-refractivity contribution >= 4 is 27.5 Å². The first-order valence-corrected chi connectivity index (χ1v) is 11.9. The summed E-state index contributed by atoms with van der Waals surface area (Å²) in [5.74, 6) is -0.957. The van der Waals surface area contributed by atoms with Crippen molar-refractivity contribution in [2.75, 3.05) is 23.7 Å². The third-order valence-corrected chi connectivity index (χ3v) is 7.67. The minimum Gasteiger partial charge on any atom is -0.350 e. The quantitative estimate of drug-likeness (QED) is 0.743. The standard InChI is InChI=1S/C23H29N3O4S/c1-5-31(29,30)25-15-21(27)26(20-13-9-10-17(2)18(20)3)23(4,16-25)22(28)24-14-19-11-7-6-8-12-19/h6-13H,5,14-16H2,1-4H3,(H,24,28)/t23-/m1/s1. The summed E-state index contributed by atoms with van der Waals surface area (Å²) >= 11 is 0. The van der Waals surface area contributed by atoms with E-state index in [9.17, 15) is 18.0 Å². The maximum absolute atomic E-state index is 13.5. The first-order valence-electron chi connectivity index (χ1n) is 10.3. The number of benzene rings is 2. The fourth-order valence-electron chi connectivity index (χ4n) is 3.87. The zero-order valence-corrected chi connectivity index (χ0v) is 19.2. The molecule has 0 radical (unpaired) electrons. The van der Waals surface area contributed by atoms with Gasteiger partial charge >= 0.3 is 0 Å². The zero-order chi connectivity index (χ0) is 22.8. The highest BCUT2D eigenvalue weighted by Crippen LogP contribution is 2.34. The highest BCUT2D eigenvalue weighted by molar-refractivity contribution is 7.89. The maximum atomic E-state index is 13.5. The Bertz CT molecular complexity index is 1090. The molecule has 2 aromatic rings. The highest BCUT2D eigenvalue weighted by Gasteiger charge is 2.50. The molecule has 7 nitrogen and oxygen atoms in total. The number of sulfonamides is 1. The van der Waals surface area contributed by atoms with Gasteiger partial charge < -0.3 is 5.32 Å². The van der Waals surface area contributed by atoms with Crippen molar-refractivity contribution in [2.45, 2.75) is 39.8 Å². The SMILES string of the molecule is CCS(=O)(=O)N1CC(=O)N(c2cccc(C)c2C)[C@@](C)(C(=O)NCc2ccccc2)C1. The fourth-order valence-corrected chi connectivity index (χ4v) is 4.99. The second kappa shape index (κ2) is 8.80. The number of nitrogens with zero attached hydrogens (tertiary/aromatic N) is 2. The molecular formula is C23H29N3O4S. The van der Waals surface area contributed by atoms with E-state index in [4.69, 9.17) is 0 Å². The molecule has 31 heavy (non-hydrogen) atoms. The van der Waals surface area contributed by atoms with Crippen molar-refractivity contribution in [3.8, 4) is 0 Å². The number of nitrogens with one attached hydrogen (secondary N) is 1. The van der Waals surface area contributed by atoms with Gasteiger partial charge in [-0.05, 0) is 50.5 Å². The van der Waals surface area contributed by atoms with Crippen LogP contribution >= 0.6 is 0 Å². The predicted octanol–water partition coefficient (Wildman–Crippen LogP) is 2.38. The van der Waals surface area contributed by atoms with Crippen molar-refractivity contribution in [3.63, 3.8) is 0 Å². The van der Waals surface area contributed by atoms with E-state index in [1.165, 1.54) is 11.8 Å². The Morgan fingerprint density at radius 2 is 1.77 bits per heavy atom. The lowest BCUT2D eigenvalue weighted by molar-refractivity contribution is -0.133. The number of hydrogen-bond acceptors (Lipinski definition) is 4. The molecule has 3 rings (SSSR count). The van der Waals surface area contributed by atoms with Gasteiger partial charge in [-0.15, -0.1) is 0 Å². The molecule has 1 aliphatic rings. The topological polar surface area (TPSA) is 86.8 Å². The summed E-state index contributed by atoms with van der Waals surface area (Å²) < 4.78 is 26.3. The van der Waals surface area contributed by atoms with Gasteiger partial charge in [0.2, 0.25) is 21.8 Å². The molecule has 0 aliphatic carbocycles. The van der Waals surface area contributed by atoms with Gasteiger partial charge in [0, 0.05) is 18.8 Å². The average molecular weight is 444 g/mol. The Balaban J connectivity index is 2.02. The molecule has 1 atom stereocenters. The second-order valence-corrected chi connectivity index (χ2v) is 10.3. The van der Waals surface area contributed by atoms with Crippen LogP contribution in [-0.4, -0.2) is 48.9 Å². The van der Waals surface area contributed by atoms with Crippen LogP contribution in [0.4, 0.5) is 5.69 Å². The number of amides is 2. The molecule has 1 N–H and O–H groups in total. The molecule has 166 valence electrons. The van der Waals surface area contributed by atoms with Crippen LogP contribution in [0.5, 0.6) is 0 Å². The molecular weight excluding hydrogens is 414 g/mol. The van der Waals surface area contributed by atoms with Crippen LogP contribution in [0.15, 0.2) is 48.5 Å². The molecule has 1 fully saturated rings. The summed E-state index contributed by atoms with van der Waals surface area (Å²) in [6.07, 6.45) is 0. The largest absolute Gasteiger partial charge is 0.350 e. The van der Waals surface area contributed by atoms with E-state index in [0.29, 0.717) is 5.69 Å². The van der Waals surface area contributed by atoms with Gasteiger partial charge in [0.25, 0.3) is 0 Å². The van der Waals surface area contributed by atoms with Crippen molar-refractivity contribution < 1.29 is 18.0 Å². The van der Waals surface area contributed by atoms with Gasteiger partial charge in [-0.25, -0.2) is 8.42 Å². The predicted molar refractivity (Wildman–Crippen MR) is 121 cm³/mol. The van der Waals surface area contributed by atoms with E-state index in [1.807, 2.05) is 56.3 Å². The minimum atomic E-state index is -3.64. The summed E-state index contributed by atoms with van der Waals surface area (Å²) in [6.45, 7) is 6.88. The summed E-state index contributed by atoms with van der Waals surface area (Å²) in [4.78, 5) is 28.2. The Morgan fingerprint density at radius 3 is 2.42 bits per heavy atom. The average Bonchev–Trinajstić information content (AvgIpc) is 2.75. The van der Waals surface area contributed by atoms with E-state index < -0.39 is 27.4 Å². The van der Waals surface area contributed by atoms with Gasteiger partial charge in [-0.2, -0.15) is 4.31 Å². The lowest BCUT2D eigenvalue weighted by Crippen LogP contribution is -2.70. The fraction of sp³-hybridized carbons (Fsp3) is 0.391. The first-order chi connectivity index (χ1) is 14.6. The molecule has 1 heterocycles. The van der Waals surface area contributed by atoms with E-state index in [-0.39, 0.29) is 25.4 Å². The van der Waals surface area contributed by atoms with Crippen molar-refractivity contribution in [3.05, 3.63) is 65.2 Å². The number of anilines is 1. The molecule has 8 heteroatoms. The monoisotopic (exact) mass is 443 g/mol. The highest BCUT2D eigenvalue weighted by atomic mass is 32.2. The van der Waals surface area contributed by atoms with Crippen molar-refractivity contribution in [1.29, 1.82) is 0 Å². The third kappa shape index (κ3) is 4.50. The van der Waals surface area contributed by atoms with Crippen LogP contribution in [-0.2, 0) is 26.2 Å². The van der Waals surface area contributed by atoms with E-state index in [0.717, 1.165) is 21.0 Å². The molecule has 0 bridgehead atoms. The van der Waals surface area contributed by atoms with Crippen LogP contribution in [0.2, 0.25) is 0 Å². The van der Waals surface area contributed by atoms with Gasteiger partial charge in [-0.3, -0.25) is 14.5 Å². The molecule has 0 saturated carbocycles. The van der Waals surface area contributed by atoms with Crippen LogP contribution in [0, 0.1) is 13.8 Å². The van der Waals surface area contributed by atoms with Crippen molar-refractivity contribution in [2.24, 2.45) is 0 Å². The number of carbonyl (C=O) groups is 2. The molecule has 0 unspecified atom stereocenters. The minimum absolute atomic E-state index is 0.108. The molecule has 1 saturated heterocycles. The maximum Gasteiger partial charge on any atom is 0.247 e. The third-order valence-electron chi connectivity index (χ3n) is 5.90. The molecule has 2 aromatic carbocycles. The van der Waals surface area contributed by atoms with Crippen LogP contribution < -0.4 is 10.2 Å². The van der Waals surface area contributed by atoms with Gasteiger partial charge in [0.15, 0.2) is 0 Å². The van der Waals surface area contributed by atoms with E-state index in [2.05, 4.69) is 5.32 Å². The summed E-state index contributed by atoms with van der Waals surface area (Å²) in [5.41, 5.74) is 2.00. The van der Waals surface area contributed by atoms with Gasteiger partial charge in [0.05, 0.1) is 12.3 Å². The Kier molecular flexibility index (Phi) is 6.52. The number of rotatable bonds is 6. The van der Waals surface area contributed by atoms with Gasteiger partial charge in [-0.1, -0.05) is 42.5 Å². The lowest BCUT2D eigenvalue weighted by Gasteiger charge is -2.47. The Labute approximate surface area is 184 Å². The number of piperazine rings is 1. The van der Waals surface area contributed by atoms with E-state index in [1.54, 1.807) is 13.0 Å². The Hall–Kier alpha value is -2.71. The summed E-state index contributed by atoms with van der Waals surface area (Å²) in [6, 6.07) is 15.0. The van der Waals surface area contributed by atoms with Crippen LogP contribution in [0.1, 0.15) is 30.5 Å². The summed E-state index contributed by atoms with van der Waals surface area (Å²) in [7, 11) is -3.64. The first kappa shape index (κ1) is 23.0. The molecule has 0 spiro atoms. The lowest BCUT2D eigenvalue weighted by atomic mass is 9.93. The molecule has 0 aromatic heterocycles. The van der Waals surface area contributed by atoms with Crippen LogP contribution in [0.25, 0.3) is 0 Å². The normalized spacial score (nSPS) is 20.0. The number of carbonyl (C=O) groups excluding carboxylic acids is 2. The molecule has 2 amide bonds. The van der Waals surface area contributed by atoms with Crippen molar-refractivity contribution in [1.82, 2.24) is 9.62 Å². The summed E-state index contributed by atoms with van der Waals surface area (Å²) in [5, 5.41) is 2.90. The smallest absolute Gasteiger partial charge is 0.247 e.